The number of nitrogens with two attached hydrogens (primary N) is 1. The van der Waals surface area contributed by atoms with Crippen molar-refractivity contribution >= 4 is 17.5 Å². The number of anilines is 2. The molecule has 0 aliphatic rings. The minimum Gasteiger partial charge on any atom is -0.396 e. The fourth-order valence-corrected chi connectivity index (χ4v) is 1.21. The predicted molar refractivity (Wildman–Crippen MR) is 60.6 cm³/mol. The van der Waals surface area contributed by atoms with Gasteiger partial charge in [0.05, 0.1) is 5.69 Å². The quantitative estimate of drug-likeness (QED) is 0.791. The zero-order valence-electron chi connectivity index (χ0n) is 9.03. The van der Waals surface area contributed by atoms with Gasteiger partial charge in [-0.25, -0.2) is 9.78 Å². The lowest BCUT2D eigenvalue weighted by atomic mass is 10.4. The summed E-state index contributed by atoms with van der Waals surface area (Å²) in [4.78, 5) is 17.3. The molecular formula is C10H16N4O. The van der Waals surface area contributed by atoms with E-state index in [1.54, 1.807) is 23.2 Å². The molecule has 5 heteroatoms. The summed E-state index contributed by atoms with van der Waals surface area (Å²) < 4.78 is 0. The number of rotatable bonds is 3. The molecule has 5 nitrogen and oxygen atoms in total. The van der Waals surface area contributed by atoms with Gasteiger partial charge in [0.25, 0.3) is 0 Å². The molecule has 1 rings (SSSR count). The highest BCUT2D eigenvalue weighted by Crippen LogP contribution is 2.13. The number of carbonyl (C=O) groups excluding carboxylic acids is 1. The van der Waals surface area contributed by atoms with Crippen LogP contribution in [-0.2, 0) is 0 Å². The van der Waals surface area contributed by atoms with Crippen molar-refractivity contribution in [2.45, 2.75) is 13.8 Å². The number of nitrogens with zero attached hydrogens (tertiary/aromatic N) is 2. The van der Waals surface area contributed by atoms with E-state index in [1.807, 2.05) is 13.8 Å². The maximum atomic E-state index is 11.6. The van der Waals surface area contributed by atoms with Gasteiger partial charge in [-0.15, -0.1) is 0 Å². The van der Waals surface area contributed by atoms with Crippen molar-refractivity contribution in [3.63, 3.8) is 0 Å². The van der Waals surface area contributed by atoms with E-state index in [-0.39, 0.29) is 6.03 Å². The van der Waals surface area contributed by atoms with Gasteiger partial charge < -0.3 is 10.6 Å². The highest BCUT2D eigenvalue weighted by atomic mass is 16.2. The molecule has 3 N–H and O–H groups in total. The van der Waals surface area contributed by atoms with Crippen molar-refractivity contribution in [2.24, 2.45) is 0 Å². The van der Waals surface area contributed by atoms with Crippen LogP contribution in [0.2, 0.25) is 0 Å². The number of hydrogen-bond acceptors (Lipinski definition) is 3. The summed E-state index contributed by atoms with van der Waals surface area (Å²) in [5.74, 6) is 0.411. The molecule has 0 fully saturated rings. The standard InChI is InChI=1S/C10H16N4O/c1-3-14(4-2)10(15)13-9-8(11)6-5-7-12-9/h5-7H,3-4,11H2,1-2H3,(H,12,13,15). The van der Waals surface area contributed by atoms with Crippen LogP contribution in [0.1, 0.15) is 13.8 Å². The number of carbonyl (C=O) groups is 1. The van der Waals surface area contributed by atoms with Gasteiger partial charge in [0.15, 0.2) is 5.82 Å². The number of urea groups is 1. The lowest BCUT2D eigenvalue weighted by Gasteiger charge is -2.19. The molecule has 0 spiro atoms. The highest BCUT2D eigenvalue weighted by Gasteiger charge is 2.10. The van der Waals surface area contributed by atoms with Crippen LogP contribution < -0.4 is 11.1 Å². The first kappa shape index (κ1) is 11.3. The molecule has 0 unspecified atom stereocenters. The van der Waals surface area contributed by atoms with Gasteiger partial charge in [-0.2, -0.15) is 0 Å². The molecule has 82 valence electrons. The second kappa shape index (κ2) is 5.19. The first-order valence-corrected chi connectivity index (χ1v) is 4.95. The summed E-state index contributed by atoms with van der Waals surface area (Å²) in [7, 11) is 0. The summed E-state index contributed by atoms with van der Waals surface area (Å²) in [6, 6.07) is 3.25. The zero-order valence-corrected chi connectivity index (χ0v) is 9.03. The summed E-state index contributed by atoms with van der Waals surface area (Å²) in [6.45, 7) is 5.17. The maximum Gasteiger partial charge on any atom is 0.323 e. The van der Waals surface area contributed by atoms with E-state index in [9.17, 15) is 4.79 Å². The van der Waals surface area contributed by atoms with Crippen LogP contribution in [0, 0.1) is 0 Å². The van der Waals surface area contributed by atoms with E-state index in [0.29, 0.717) is 24.6 Å². The Kier molecular flexibility index (Phi) is 3.91. The Hall–Kier alpha value is -1.78. The third-order valence-electron chi connectivity index (χ3n) is 2.11. The minimum atomic E-state index is -0.176. The Bertz CT molecular complexity index is 336. The third kappa shape index (κ3) is 2.83. The molecule has 15 heavy (non-hydrogen) atoms. The van der Waals surface area contributed by atoms with Crippen molar-refractivity contribution in [3.05, 3.63) is 18.3 Å². The van der Waals surface area contributed by atoms with Gasteiger partial charge in [-0.3, -0.25) is 5.32 Å². The number of hydrogen-bond donors (Lipinski definition) is 2. The molecule has 0 saturated heterocycles. The molecular weight excluding hydrogens is 192 g/mol. The van der Waals surface area contributed by atoms with E-state index in [1.165, 1.54) is 0 Å². The van der Waals surface area contributed by atoms with Crippen molar-refractivity contribution in [1.29, 1.82) is 0 Å². The smallest absolute Gasteiger partial charge is 0.323 e. The molecule has 0 radical (unpaired) electrons. The van der Waals surface area contributed by atoms with Gasteiger partial charge in [0, 0.05) is 19.3 Å². The Balaban J connectivity index is 2.70. The number of pyridine rings is 1. The van der Waals surface area contributed by atoms with Crippen LogP contribution in [0.25, 0.3) is 0 Å². The monoisotopic (exact) mass is 208 g/mol. The predicted octanol–water partition coefficient (Wildman–Crippen LogP) is 1.54. The van der Waals surface area contributed by atoms with Gasteiger partial charge >= 0.3 is 6.03 Å². The molecule has 1 aromatic heterocycles. The highest BCUT2D eigenvalue weighted by molar-refractivity contribution is 5.91. The first-order valence-electron chi connectivity index (χ1n) is 4.95. The molecule has 1 heterocycles. The van der Waals surface area contributed by atoms with Gasteiger partial charge in [0.2, 0.25) is 0 Å². The molecule has 0 bridgehead atoms. The Morgan fingerprint density at radius 2 is 2.20 bits per heavy atom. The molecule has 0 aliphatic heterocycles. The van der Waals surface area contributed by atoms with E-state index in [2.05, 4.69) is 10.3 Å². The van der Waals surface area contributed by atoms with Gasteiger partial charge in [-0.1, -0.05) is 0 Å². The fourth-order valence-electron chi connectivity index (χ4n) is 1.21. The van der Waals surface area contributed by atoms with E-state index < -0.39 is 0 Å². The topological polar surface area (TPSA) is 71.2 Å². The number of nitrogen functional groups attached to an aromatic ring is 1. The minimum absolute atomic E-state index is 0.176. The Labute approximate surface area is 89.3 Å². The number of nitrogens with one attached hydrogen (secondary N) is 1. The SMILES string of the molecule is CCN(CC)C(=O)Nc1ncccc1N. The van der Waals surface area contributed by atoms with Crippen LogP contribution in [0.5, 0.6) is 0 Å². The van der Waals surface area contributed by atoms with Crippen molar-refractivity contribution in [3.8, 4) is 0 Å². The van der Waals surface area contributed by atoms with E-state index in [4.69, 9.17) is 5.73 Å². The van der Waals surface area contributed by atoms with Gasteiger partial charge in [-0.05, 0) is 26.0 Å². The number of amides is 2. The van der Waals surface area contributed by atoms with Crippen LogP contribution in [0.15, 0.2) is 18.3 Å². The Morgan fingerprint density at radius 1 is 1.53 bits per heavy atom. The normalized spacial score (nSPS) is 9.73. The second-order valence-corrected chi connectivity index (χ2v) is 3.04. The molecule has 1 aromatic rings. The lowest BCUT2D eigenvalue weighted by molar-refractivity contribution is 0.217. The van der Waals surface area contributed by atoms with Crippen molar-refractivity contribution in [1.82, 2.24) is 9.88 Å². The first-order chi connectivity index (χ1) is 7.19. The molecule has 0 saturated carbocycles. The fraction of sp³-hybridized carbons (Fsp3) is 0.400. The van der Waals surface area contributed by atoms with E-state index in [0.717, 1.165) is 0 Å². The molecule has 2 amide bonds. The molecule has 0 aliphatic carbocycles. The summed E-state index contributed by atoms with van der Waals surface area (Å²) >= 11 is 0. The summed E-state index contributed by atoms with van der Waals surface area (Å²) in [6.07, 6.45) is 1.59. The van der Waals surface area contributed by atoms with Crippen LogP contribution >= 0.6 is 0 Å². The Morgan fingerprint density at radius 3 is 2.73 bits per heavy atom. The van der Waals surface area contributed by atoms with Crippen molar-refractivity contribution < 1.29 is 4.79 Å². The average molecular weight is 208 g/mol. The van der Waals surface area contributed by atoms with Crippen LogP contribution in [0.3, 0.4) is 0 Å². The third-order valence-corrected chi connectivity index (χ3v) is 2.11. The molecule has 0 atom stereocenters. The largest absolute Gasteiger partial charge is 0.396 e. The van der Waals surface area contributed by atoms with E-state index >= 15 is 0 Å². The summed E-state index contributed by atoms with van der Waals surface area (Å²) in [5.41, 5.74) is 6.13. The zero-order chi connectivity index (χ0) is 11.3. The average Bonchev–Trinajstić information content (AvgIpc) is 2.23. The van der Waals surface area contributed by atoms with Gasteiger partial charge in [0.1, 0.15) is 0 Å². The van der Waals surface area contributed by atoms with Crippen molar-refractivity contribution in [2.75, 3.05) is 24.1 Å². The van der Waals surface area contributed by atoms with Crippen LogP contribution in [-0.4, -0.2) is 29.0 Å². The second-order valence-electron chi connectivity index (χ2n) is 3.04. The maximum absolute atomic E-state index is 11.6. The summed E-state index contributed by atoms with van der Waals surface area (Å²) in [5, 5.41) is 2.66. The van der Waals surface area contributed by atoms with Crippen LogP contribution in [0.4, 0.5) is 16.3 Å². The molecule has 0 aromatic carbocycles. The lowest BCUT2D eigenvalue weighted by Crippen LogP contribution is -2.34. The number of aromatic nitrogens is 1.